The van der Waals surface area contributed by atoms with E-state index in [4.69, 9.17) is 4.74 Å². The third kappa shape index (κ3) is 1.24. The zero-order valence-corrected chi connectivity index (χ0v) is 7.24. The average molecular weight is 179 g/mol. The number of pyridine rings is 1. The molecule has 1 aliphatic heterocycles. The Morgan fingerprint density at radius 3 is 3.31 bits per heavy atom. The summed E-state index contributed by atoms with van der Waals surface area (Å²) >= 11 is 0. The summed E-state index contributed by atoms with van der Waals surface area (Å²) in [6.07, 6.45) is 2.28. The van der Waals surface area contributed by atoms with Crippen molar-refractivity contribution < 1.29 is 14.3 Å². The van der Waals surface area contributed by atoms with Crippen LogP contribution in [0.5, 0.6) is 5.88 Å². The Bertz CT molecular complexity index is 349. The zero-order chi connectivity index (χ0) is 9.26. The van der Waals surface area contributed by atoms with Gasteiger partial charge in [-0.15, -0.1) is 0 Å². The highest BCUT2D eigenvalue weighted by Crippen LogP contribution is 2.25. The molecule has 2 heterocycles. The number of nitrogens with zero attached hydrogens (tertiary/aromatic N) is 1. The molecular formula is C9H9NO3. The van der Waals surface area contributed by atoms with Crippen LogP contribution in [0, 0.1) is 0 Å². The van der Waals surface area contributed by atoms with E-state index < -0.39 is 0 Å². The van der Waals surface area contributed by atoms with Crippen molar-refractivity contribution in [2.24, 2.45) is 0 Å². The number of carbonyl (C=O) groups is 1. The summed E-state index contributed by atoms with van der Waals surface area (Å²) in [6.45, 7) is 0.594. The molecule has 4 nitrogen and oxygen atoms in total. The Balaban J connectivity index is 2.47. The molecule has 4 heteroatoms. The molecule has 0 fully saturated rings. The van der Waals surface area contributed by atoms with E-state index in [0.717, 1.165) is 12.0 Å². The molecule has 0 aromatic carbocycles. The second-order valence-corrected chi connectivity index (χ2v) is 2.73. The van der Waals surface area contributed by atoms with E-state index in [9.17, 15) is 4.79 Å². The van der Waals surface area contributed by atoms with Crippen LogP contribution in [0.15, 0.2) is 12.3 Å². The van der Waals surface area contributed by atoms with Crippen molar-refractivity contribution in [3.05, 3.63) is 23.4 Å². The highest BCUT2D eigenvalue weighted by molar-refractivity contribution is 5.91. The van der Waals surface area contributed by atoms with E-state index >= 15 is 0 Å². The first kappa shape index (κ1) is 8.04. The van der Waals surface area contributed by atoms with Crippen molar-refractivity contribution in [3.63, 3.8) is 0 Å². The molecular weight excluding hydrogens is 170 g/mol. The highest BCUT2D eigenvalue weighted by Gasteiger charge is 2.21. The number of hydrogen-bond donors (Lipinski definition) is 0. The van der Waals surface area contributed by atoms with Gasteiger partial charge in [-0.1, -0.05) is 0 Å². The first-order chi connectivity index (χ1) is 6.33. The van der Waals surface area contributed by atoms with Gasteiger partial charge in [0.15, 0.2) is 0 Å². The quantitative estimate of drug-likeness (QED) is 0.598. The second kappa shape index (κ2) is 3.05. The van der Waals surface area contributed by atoms with Gasteiger partial charge in [0.25, 0.3) is 0 Å². The van der Waals surface area contributed by atoms with Gasteiger partial charge >= 0.3 is 5.97 Å². The van der Waals surface area contributed by atoms with Crippen LogP contribution in [0.1, 0.15) is 15.9 Å². The summed E-state index contributed by atoms with van der Waals surface area (Å²) in [5.74, 6) is 0.229. The second-order valence-electron chi connectivity index (χ2n) is 2.73. The van der Waals surface area contributed by atoms with Crippen LogP contribution in [-0.4, -0.2) is 24.7 Å². The number of fused-ring (bicyclic) bond motifs is 1. The van der Waals surface area contributed by atoms with E-state index in [0.29, 0.717) is 18.1 Å². The molecule has 0 bridgehead atoms. The summed E-state index contributed by atoms with van der Waals surface area (Å²) in [5.41, 5.74) is 1.42. The average Bonchev–Trinajstić information content (AvgIpc) is 2.63. The molecule has 1 aromatic rings. The van der Waals surface area contributed by atoms with Crippen LogP contribution < -0.4 is 4.74 Å². The van der Waals surface area contributed by atoms with E-state index in [-0.39, 0.29) is 5.97 Å². The molecule has 68 valence electrons. The standard InChI is InChI=1S/C9H9NO3/c1-12-9(11)7-2-4-10-8-6(7)3-5-13-8/h2,4H,3,5H2,1H3. The van der Waals surface area contributed by atoms with Gasteiger partial charge in [0, 0.05) is 18.2 Å². The van der Waals surface area contributed by atoms with Crippen LogP contribution in [0.3, 0.4) is 0 Å². The molecule has 0 aliphatic carbocycles. The minimum atomic E-state index is -0.329. The first-order valence-electron chi connectivity index (χ1n) is 4.02. The Labute approximate surface area is 75.5 Å². The molecule has 0 radical (unpaired) electrons. The topological polar surface area (TPSA) is 48.4 Å². The normalized spacial score (nSPS) is 13.3. The van der Waals surface area contributed by atoms with Crippen molar-refractivity contribution in [2.45, 2.75) is 6.42 Å². The van der Waals surface area contributed by atoms with E-state index in [2.05, 4.69) is 9.72 Å². The molecule has 0 unspecified atom stereocenters. The zero-order valence-electron chi connectivity index (χ0n) is 7.24. The SMILES string of the molecule is COC(=O)c1ccnc2c1CCO2. The van der Waals surface area contributed by atoms with Gasteiger partial charge in [-0.3, -0.25) is 0 Å². The van der Waals surface area contributed by atoms with Crippen molar-refractivity contribution in [2.75, 3.05) is 13.7 Å². The molecule has 1 aliphatic rings. The molecule has 0 atom stereocenters. The highest BCUT2D eigenvalue weighted by atomic mass is 16.5. The third-order valence-electron chi connectivity index (χ3n) is 2.01. The summed E-state index contributed by atoms with van der Waals surface area (Å²) in [6, 6.07) is 1.65. The summed E-state index contributed by atoms with van der Waals surface area (Å²) in [5, 5.41) is 0. The fourth-order valence-electron chi connectivity index (χ4n) is 1.39. The number of methoxy groups -OCH3 is 1. The van der Waals surface area contributed by atoms with E-state index in [1.54, 1.807) is 12.3 Å². The fourth-order valence-corrected chi connectivity index (χ4v) is 1.39. The summed E-state index contributed by atoms with van der Waals surface area (Å²) < 4.78 is 9.85. The maximum atomic E-state index is 11.3. The lowest BCUT2D eigenvalue weighted by atomic mass is 10.1. The summed E-state index contributed by atoms with van der Waals surface area (Å²) in [4.78, 5) is 15.3. The van der Waals surface area contributed by atoms with Gasteiger partial charge in [-0.25, -0.2) is 9.78 Å². The molecule has 0 spiro atoms. The molecule has 0 amide bonds. The number of rotatable bonds is 1. The van der Waals surface area contributed by atoms with E-state index in [1.807, 2.05) is 0 Å². The number of hydrogen-bond acceptors (Lipinski definition) is 4. The van der Waals surface area contributed by atoms with Crippen molar-refractivity contribution >= 4 is 5.97 Å². The molecule has 0 saturated heterocycles. The predicted octanol–water partition coefficient (Wildman–Crippen LogP) is 0.803. The molecule has 13 heavy (non-hydrogen) atoms. The fraction of sp³-hybridized carbons (Fsp3) is 0.333. The van der Waals surface area contributed by atoms with Gasteiger partial charge in [0.2, 0.25) is 5.88 Å². The van der Waals surface area contributed by atoms with Gasteiger partial charge < -0.3 is 9.47 Å². The molecule has 2 rings (SSSR count). The minimum absolute atomic E-state index is 0.329. The number of esters is 1. The van der Waals surface area contributed by atoms with Crippen molar-refractivity contribution in [1.29, 1.82) is 0 Å². The number of carbonyl (C=O) groups excluding carboxylic acids is 1. The molecule has 0 saturated carbocycles. The van der Waals surface area contributed by atoms with Crippen LogP contribution in [0.25, 0.3) is 0 Å². The molecule has 1 aromatic heterocycles. The van der Waals surface area contributed by atoms with Crippen LogP contribution in [-0.2, 0) is 11.2 Å². The predicted molar refractivity (Wildman–Crippen MR) is 44.8 cm³/mol. The lowest BCUT2D eigenvalue weighted by molar-refractivity contribution is 0.0599. The number of ether oxygens (including phenoxy) is 2. The largest absolute Gasteiger partial charge is 0.477 e. The maximum absolute atomic E-state index is 11.3. The lowest BCUT2D eigenvalue weighted by Gasteiger charge is -2.02. The Kier molecular flexibility index (Phi) is 1.88. The number of aromatic nitrogens is 1. The lowest BCUT2D eigenvalue weighted by Crippen LogP contribution is -2.04. The van der Waals surface area contributed by atoms with Crippen LogP contribution in [0.2, 0.25) is 0 Å². The molecule has 0 N–H and O–H groups in total. The van der Waals surface area contributed by atoms with Gasteiger partial charge in [-0.05, 0) is 6.07 Å². The Morgan fingerprint density at radius 1 is 1.69 bits per heavy atom. The van der Waals surface area contributed by atoms with Crippen molar-refractivity contribution in [1.82, 2.24) is 4.98 Å². The smallest absolute Gasteiger partial charge is 0.338 e. The van der Waals surface area contributed by atoms with Gasteiger partial charge in [-0.2, -0.15) is 0 Å². The third-order valence-corrected chi connectivity index (χ3v) is 2.01. The van der Waals surface area contributed by atoms with E-state index in [1.165, 1.54) is 7.11 Å². The monoisotopic (exact) mass is 179 g/mol. The Morgan fingerprint density at radius 2 is 2.54 bits per heavy atom. The Hall–Kier alpha value is -1.58. The minimum Gasteiger partial charge on any atom is -0.477 e. The first-order valence-corrected chi connectivity index (χ1v) is 4.02. The van der Waals surface area contributed by atoms with Gasteiger partial charge in [0.1, 0.15) is 0 Å². The van der Waals surface area contributed by atoms with Crippen LogP contribution >= 0.6 is 0 Å². The summed E-state index contributed by atoms with van der Waals surface area (Å²) in [7, 11) is 1.37. The van der Waals surface area contributed by atoms with Crippen molar-refractivity contribution in [3.8, 4) is 5.88 Å². The van der Waals surface area contributed by atoms with Crippen LogP contribution in [0.4, 0.5) is 0 Å². The maximum Gasteiger partial charge on any atom is 0.338 e. The van der Waals surface area contributed by atoms with Gasteiger partial charge in [0.05, 0.1) is 19.3 Å².